The average Bonchev–Trinajstić information content (AvgIpc) is 2.96. The Balaban J connectivity index is 1.37. The van der Waals surface area contributed by atoms with Gasteiger partial charge >= 0.3 is 0 Å². The second-order valence-electron chi connectivity index (χ2n) is 7.34. The molecule has 0 radical (unpaired) electrons. The molecule has 1 atom stereocenters. The van der Waals surface area contributed by atoms with E-state index in [1.165, 1.54) is 4.31 Å². The molecular weight excluding hydrogens is 404 g/mol. The minimum Gasteiger partial charge on any atom is -0.486 e. The lowest BCUT2D eigenvalue weighted by Crippen LogP contribution is -2.39. The van der Waals surface area contributed by atoms with E-state index in [9.17, 15) is 13.2 Å². The predicted octanol–water partition coefficient (Wildman–Crippen LogP) is 3.00. The summed E-state index contributed by atoms with van der Waals surface area (Å²) < 4.78 is 38.4. The van der Waals surface area contributed by atoms with Gasteiger partial charge in [0.15, 0.2) is 11.5 Å². The molecule has 3 aromatic rings. The third kappa shape index (κ3) is 2.95. The van der Waals surface area contributed by atoms with Gasteiger partial charge in [-0.2, -0.15) is 0 Å². The maximum absolute atomic E-state index is 13.0. The first-order valence-corrected chi connectivity index (χ1v) is 11.1. The number of benzene rings is 3. The van der Waals surface area contributed by atoms with Crippen molar-refractivity contribution in [1.29, 1.82) is 0 Å². The fourth-order valence-corrected chi connectivity index (χ4v) is 5.63. The monoisotopic (exact) mass is 424 g/mol. The van der Waals surface area contributed by atoms with Gasteiger partial charge in [0.25, 0.3) is 10.0 Å². The van der Waals surface area contributed by atoms with E-state index in [0.717, 1.165) is 10.9 Å². The molecule has 0 unspecified atom stereocenters. The summed E-state index contributed by atoms with van der Waals surface area (Å²) in [4.78, 5) is 13.0. The highest BCUT2D eigenvalue weighted by molar-refractivity contribution is 7.93. The van der Waals surface area contributed by atoms with Crippen LogP contribution >= 0.6 is 0 Å². The number of nitrogens with zero attached hydrogens (tertiary/aromatic N) is 1. The molecule has 2 heterocycles. The van der Waals surface area contributed by atoms with Crippen LogP contribution < -0.4 is 19.1 Å². The molecule has 2 aliphatic heterocycles. The lowest BCUT2D eigenvalue weighted by Gasteiger charge is -2.22. The molecular formula is C22H20N2O5S. The third-order valence-electron chi connectivity index (χ3n) is 5.41. The third-order valence-corrected chi connectivity index (χ3v) is 7.21. The number of sulfonamides is 1. The normalized spacial score (nSPS) is 17.0. The molecule has 0 bridgehead atoms. The maximum Gasteiger partial charge on any atom is 0.265 e. The average molecular weight is 424 g/mol. The number of rotatable bonds is 4. The Labute approximate surface area is 174 Å². The highest BCUT2D eigenvalue weighted by atomic mass is 32.2. The van der Waals surface area contributed by atoms with Gasteiger partial charge in [0.2, 0.25) is 5.91 Å². The van der Waals surface area contributed by atoms with Gasteiger partial charge < -0.3 is 14.8 Å². The number of amides is 1. The molecule has 7 nitrogen and oxygen atoms in total. The van der Waals surface area contributed by atoms with Crippen LogP contribution in [0.5, 0.6) is 11.5 Å². The summed E-state index contributed by atoms with van der Waals surface area (Å²) in [5.74, 6) is 0.937. The number of hydrogen-bond acceptors (Lipinski definition) is 5. The Kier molecular flexibility index (Phi) is 4.32. The van der Waals surface area contributed by atoms with Gasteiger partial charge in [0, 0.05) is 5.39 Å². The first kappa shape index (κ1) is 18.7. The van der Waals surface area contributed by atoms with Crippen LogP contribution in [0.4, 0.5) is 5.69 Å². The van der Waals surface area contributed by atoms with E-state index in [-0.39, 0.29) is 23.4 Å². The lowest BCUT2D eigenvalue weighted by molar-refractivity contribution is -0.120. The maximum atomic E-state index is 13.0. The molecule has 3 aromatic carbocycles. The van der Waals surface area contributed by atoms with Crippen LogP contribution in [0.15, 0.2) is 59.5 Å². The van der Waals surface area contributed by atoms with Gasteiger partial charge in [0.1, 0.15) is 19.8 Å². The van der Waals surface area contributed by atoms with Gasteiger partial charge in [-0.25, -0.2) is 8.42 Å². The number of ether oxygens (including phenoxy) is 2. The predicted molar refractivity (Wildman–Crippen MR) is 112 cm³/mol. The van der Waals surface area contributed by atoms with Crippen molar-refractivity contribution in [3.63, 3.8) is 0 Å². The summed E-state index contributed by atoms with van der Waals surface area (Å²) >= 11 is 0. The second-order valence-corrected chi connectivity index (χ2v) is 9.17. The van der Waals surface area contributed by atoms with Crippen LogP contribution in [0.3, 0.4) is 0 Å². The first-order valence-electron chi connectivity index (χ1n) is 9.68. The quantitative estimate of drug-likeness (QED) is 0.696. The van der Waals surface area contributed by atoms with Gasteiger partial charge in [-0.15, -0.1) is 0 Å². The molecule has 30 heavy (non-hydrogen) atoms. The summed E-state index contributed by atoms with van der Waals surface area (Å²) in [6.45, 7) is 2.55. The molecule has 154 valence electrons. The molecule has 5 rings (SSSR count). The number of hydrogen-bond donors (Lipinski definition) is 1. The Hall–Kier alpha value is -3.26. The molecule has 1 amide bonds. The van der Waals surface area contributed by atoms with Crippen molar-refractivity contribution < 1.29 is 22.7 Å². The first-order chi connectivity index (χ1) is 14.4. The van der Waals surface area contributed by atoms with Crippen molar-refractivity contribution >= 4 is 32.4 Å². The van der Waals surface area contributed by atoms with E-state index >= 15 is 0 Å². The number of carbonyl (C=O) groups is 1. The molecule has 0 saturated heterocycles. The van der Waals surface area contributed by atoms with Crippen molar-refractivity contribution in [2.45, 2.75) is 17.9 Å². The summed E-state index contributed by atoms with van der Waals surface area (Å²) in [7, 11) is -3.77. The highest BCUT2D eigenvalue weighted by Gasteiger charge is 2.36. The minimum atomic E-state index is -3.77. The van der Waals surface area contributed by atoms with Crippen LogP contribution in [-0.2, 0) is 14.8 Å². The van der Waals surface area contributed by atoms with E-state index in [1.807, 2.05) is 37.3 Å². The molecule has 8 heteroatoms. The van der Waals surface area contributed by atoms with Crippen LogP contribution in [0.2, 0.25) is 0 Å². The van der Waals surface area contributed by atoms with Gasteiger partial charge in [-0.05, 0) is 42.1 Å². The van der Waals surface area contributed by atoms with E-state index in [1.54, 1.807) is 24.3 Å². The molecule has 0 aliphatic carbocycles. The molecule has 1 N–H and O–H groups in total. The number of fused-ring (bicyclic) bond motifs is 1. The van der Waals surface area contributed by atoms with Gasteiger partial charge in [0.05, 0.1) is 16.6 Å². The smallest absolute Gasteiger partial charge is 0.265 e. The fraction of sp³-hybridized carbons (Fsp3) is 0.227. The van der Waals surface area contributed by atoms with E-state index in [0.29, 0.717) is 35.8 Å². The summed E-state index contributed by atoms with van der Waals surface area (Å²) in [6, 6.07) is 15.7. The van der Waals surface area contributed by atoms with Crippen LogP contribution in [0, 0.1) is 0 Å². The van der Waals surface area contributed by atoms with Crippen molar-refractivity contribution in [1.82, 2.24) is 5.32 Å². The molecule has 2 aliphatic rings. The molecule has 0 saturated carbocycles. The van der Waals surface area contributed by atoms with Gasteiger partial charge in [-0.1, -0.05) is 30.3 Å². The summed E-state index contributed by atoms with van der Waals surface area (Å²) in [6.07, 6.45) is 0. The fourth-order valence-electron chi connectivity index (χ4n) is 3.96. The molecule has 0 fully saturated rings. The van der Waals surface area contributed by atoms with E-state index in [2.05, 4.69) is 5.32 Å². The van der Waals surface area contributed by atoms with Gasteiger partial charge in [-0.3, -0.25) is 9.10 Å². The van der Waals surface area contributed by atoms with Crippen molar-refractivity contribution in [2.75, 3.05) is 24.1 Å². The van der Waals surface area contributed by atoms with Crippen molar-refractivity contribution in [3.05, 3.63) is 60.2 Å². The van der Waals surface area contributed by atoms with Crippen LogP contribution in [-0.4, -0.2) is 34.1 Å². The minimum absolute atomic E-state index is 0.239. The zero-order valence-corrected chi connectivity index (χ0v) is 17.1. The summed E-state index contributed by atoms with van der Waals surface area (Å²) in [5, 5.41) is 4.38. The van der Waals surface area contributed by atoms with Crippen molar-refractivity contribution in [2.24, 2.45) is 0 Å². The molecule has 0 aromatic heterocycles. The Morgan fingerprint density at radius 1 is 1.07 bits per heavy atom. The largest absolute Gasteiger partial charge is 0.486 e. The number of anilines is 1. The van der Waals surface area contributed by atoms with E-state index in [4.69, 9.17) is 9.47 Å². The SMILES string of the molecule is C[C@H](NC(=O)CN1c2cccc3cccc(c23)S1(=O)=O)c1ccc2c(c1)OCCO2. The summed E-state index contributed by atoms with van der Waals surface area (Å²) in [5.41, 5.74) is 1.38. The molecule has 0 spiro atoms. The topological polar surface area (TPSA) is 84.9 Å². The Bertz CT molecular complexity index is 1270. The lowest BCUT2D eigenvalue weighted by atomic mass is 10.1. The number of nitrogens with one attached hydrogen (secondary N) is 1. The van der Waals surface area contributed by atoms with E-state index < -0.39 is 10.0 Å². The standard InChI is InChI=1S/C22H20N2O5S/c1-14(16-8-9-18-19(12-16)29-11-10-28-18)23-21(25)13-24-17-6-2-4-15-5-3-7-20(22(15)17)30(24,26)27/h2-9,12,14H,10-11,13H2,1H3,(H,23,25)/t14-/m0/s1. The van der Waals surface area contributed by atoms with Crippen LogP contribution in [0.1, 0.15) is 18.5 Å². The van der Waals surface area contributed by atoms with Crippen molar-refractivity contribution in [3.8, 4) is 11.5 Å². The van der Waals surface area contributed by atoms with Crippen LogP contribution in [0.25, 0.3) is 10.8 Å². The number of carbonyl (C=O) groups excluding carboxylic acids is 1. The zero-order valence-electron chi connectivity index (χ0n) is 16.3. The Morgan fingerprint density at radius 2 is 1.80 bits per heavy atom. The zero-order chi connectivity index (χ0) is 20.9. The Morgan fingerprint density at radius 3 is 2.60 bits per heavy atom. The second kappa shape index (κ2) is 6.91. The highest BCUT2D eigenvalue weighted by Crippen LogP contribution is 2.41.